The number of hydrogen-bond acceptors (Lipinski definition) is 4. The van der Waals surface area contributed by atoms with Crippen molar-refractivity contribution in [1.29, 1.82) is 0 Å². The van der Waals surface area contributed by atoms with Gasteiger partial charge in [0.1, 0.15) is 0 Å². The van der Waals surface area contributed by atoms with Gasteiger partial charge in [0.05, 0.1) is 12.2 Å². The zero-order chi connectivity index (χ0) is 18.0. The predicted octanol–water partition coefficient (Wildman–Crippen LogP) is 4.68. The molecule has 1 aliphatic rings. The molecule has 0 radical (unpaired) electrons. The molecule has 1 aromatic carbocycles. The van der Waals surface area contributed by atoms with Crippen LogP contribution in [-0.2, 0) is 10.2 Å². The lowest BCUT2D eigenvalue weighted by Gasteiger charge is -2.32. The Morgan fingerprint density at radius 2 is 2.20 bits per heavy atom. The lowest BCUT2D eigenvalue weighted by Crippen LogP contribution is -2.22. The number of benzene rings is 1. The molecule has 2 aromatic rings. The Labute approximate surface area is 153 Å². The number of rotatable bonds is 3. The van der Waals surface area contributed by atoms with Crippen LogP contribution in [0.2, 0.25) is 0 Å². The first-order valence-corrected chi connectivity index (χ1v) is 9.36. The molecule has 3 nitrogen and oxygen atoms in total. The summed E-state index contributed by atoms with van der Waals surface area (Å²) in [5.74, 6) is 3.36. The van der Waals surface area contributed by atoms with E-state index >= 15 is 0 Å². The van der Waals surface area contributed by atoms with Gasteiger partial charge in [0, 0.05) is 28.4 Å². The van der Waals surface area contributed by atoms with Crippen LogP contribution in [-0.4, -0.2) is 23.3 Å². The lowest BCUT2D eigenvalue weighted by molar-refractivity contribution is 0.0525. The number of hydrogen-bond donors (Lipinski definition) is 0. The van der Waals surface area contributed by atoms with Gasteiger partial charge in [0.25, 0.3) is 0 Å². The van der Waals surface area contributed by atoms with Gasteiger partial charge in [-0.25, -0.2) is 4.79 Å². The SMILES string of the molecule is C#Cc1c(C(=O)OCC)cncc1-c1ccc2c(c1)C(C)(C)CCS2. The van der Waals surface area contributed by atoms with E-state index in [2.05, 4.69) is 43.0 Å². The maximum atomic E-state index is 12.2. The number of fused-ring (bicyclic) bond motifs is 1. The summed E-state index contributed by atoms with van der Waals surface area (Å²) in [5, 5.41) is 0. The smallest absolute Gasteiger partial charge is 0.340 e. The van der Waals surface area contributed by atoms with Crippen molar-refractivity contribution in [3.05, 3.63) is 47.3 Å². The fourth-order valence-corrected chi connectivity index (χ4v) is 4.59. The van der Waals surface area contributed by atoms with Crippen LogP contribution in [0.5, 0.6) is 0 Å². The number of nitrogens with zero attached hydrogens (tertiary/aromatic N) is 1. The zero-order valence-corrected chi connectivity index (χ0v) is 15.6. The van der Waals surface area contributed by atoms with E-state index in [1.165, 1.54) is 16.7 Å². The minimum absolute atomic E-state index is 0.124. The summed E-state index contributed by atoms with van der Waals surface area (Å²) in [7, 11) is 0. The van der Waals surface area contributed by atoms with Gasteiger partial charge in [0.2, 0.25) is 0 Å². The summed E-state index contributed by atoms with van der Waals surface area (Å²) < 4.78 is 5.11. The summed E-state index contributed by atoms with van der Waals surface area (Å²) in [6, 6.07) is 6.39. The zero-order valence-electron chi connectivity index (χ0n) is 14.8. The third kappa shape index (κ3) is 3.29. The van der Waals surface area contributed by atoms with E-state index in [1.54, 1.807) is 13.1 Å². The second-order valence-corrected chi connectivity index (χ2v) is 7.80. The monoisotopic (exact) mass is 351 g/mol. The van der Waals surface area contributed by atoms with Crippen LogP contribution in [0, 0.1) is 12.3 Å². The topological polar surface area (TPSA) is 39.2 Å². The standard InChI is InChI=1S/C21H21NO2S/c1-5-15-16(12-22-13-17(15)20(23)24-6-2)14-7-8-19-18(11-14)21(3,4)9-10-25-19/h1,7-8,11-13H,6,9-10H2,2-4H3. The van der Waals surface area contributed by atoms with Crippen LogP contribution >= 0.6 is 11.8 Å². The van der Waals surface area contributed by atoms with E-state index in [0.29, 0.717) is 17.7 Å². The van der Waals surface area contributed by atoms with Crippen molar-refractivity contribution in [3.63, 3.8) is 0 Å². The maximum absolute atomic E-state index is 12.2. The molecule has 1 aromatic heterocycles. The second-order valence-electron chi connectivity index (χ2n) is 6.67. The molecule has 25 heavy (non-hydrogen) atoms. The van der Waals surface area contributed by atoms with Crippen LogP contribution in [0.25, 0.3) is 11.1 Å². The largest absolute Gasteiger partial charge is 0.462 e. The van der Waals surface area contributed by atoms with Crippen molar-refractivity contribution in [1.82, 2.24) is 4.98 Å². The molecule has 0 atom stereocenters. The summed E-state index contributed by atoms with van der Waals surface area (Å²) >= 11 is 1.89. The molecule has 0 N–H and O–H groups in total. The van der Waals surface area contributed by atoms with Gasteiger partial charge in [-0.3, -0.25) is 4.98 Å². The van der Waals surface area contributed by atoms with Gasteiger partial charge in [-0.15, -0.1) is 18.2 Å². The van der Waals surface area contributed by atoms with Gasteiger partial charge < -0.3 is 4.74 Å². The molecule has 1 aliphatic heterocycles. The molecule has 2 heterocycles. The van der Waals surface area contributed by atoms with Crippen molar-refractivity contribution in [2.45, 2.75) is 37.5 Å². The average molecular weight is 351 g/mol. The van der Waals surface area contributed by atoms with Gasteiger partial charge in [0.15, 0.2) is 0 Å². The average Bonchev–Trinajstić information content (AvgIpc) is 2.61. The predicted molar refractivity (Wildman–Crippen MR) is 102 cm³/mol. The highest BCUT2D eigenvalue weighted by molar-refractivity contribution is 7.99. The molecule has 0 bridgehead atoms. The van der Waals surface area contributed by atoms with Gasteiger partial charge in [-0.1, -0.05) is 25.8 Å². The van der Waals surface area contributed by atoms with Crippen molar-refractivity contribution < 1.29 is 9.53 Å². The third-order valence-corrected chi connectivity index (χ3v) is 5.67. The lowest BCUT2D eigenvalue weighted by atomic mass is 9.80. The number of pyridine rings is 1. The molecule has 0 saturated heterocycles. The maximum Gasteiger partial charge on any atom is 0.340 e. The summed E-state index contributed by atoms with van der Waals surface area (Å²) in [4.78, 5) is 17.7. The number of ether oxygens (including phenoxy) is 1. The Hall–Kier alpha value is -2.25. The van der Waals surface area contributed by atoms with Crippen LogP contribution in [0.1, 0.15) is 48.7 Å². The molecule has 3 rings (SSSR count). The minimum Gasteiger partial charge on any atom is -0.462 e. The van der Waals surface area contributed by atoms with Crippen LogP contribution in [0.4, 0.5) is 0 Å². The molecule has 4 heteroatoms. The van der Waals surface area contributed by atoms with E-state index in [4.69, 9.17) is 11.2 Å². The normalized spacial score (nSPS) is 15.1. The molecule has 0 saturated carbocycles. The first-order chi connectivity index (χ1) is 12.0. The van der Waals surface area contributed by atoms with Gasteiger partial charge in [-0.05, 0) is 47.8 Å². The minimum atomic E-state index is -0.432. The highest BCUT2D eigenvalue weighted by Gasteiger charge is 2.28. The van der Waals surface area contributed by atoms with Crippen molar-refractivity contribution in [2.75, 3.05) is 12.4 Å². The second kappa shape index (κ2) is 6.93. The Kier molecular flexibility index (Phi) is 4.87. The quantitative estimate of drug-likeness (QED) is 0.594. The summed E-state index contributed by atoms with van der Waals surface area (Å²) in [6.07, 6.45) is 10.1. The fourth-order valence-electron chi connectivity index (χ4n) is 3.10. The Morgan fingerprint density at radius 1 is 1.40 bits per heavy atom. The number of carbonyl (C=O) groups excluding carboxylic acids is 1. The van der Waals surface area contributed by atoms with Crippen molar-refractivity contribution in [3.8, 4) is 23.5 Å². The summed E-state index contributed by atoms with van der Waals surface area (Å²) in [6.45, 7) is 6.61. The molecule has 0 spiro atoms. The Balaban J connectivity index is 2.13. The number of thioether (sulfide) groups is 1. The number of carbonyl (C=O) groups is 1. The van der Waals surface area contributed by atoms with E-state index in [1.807, 2.05) is 11.8 Å². The first-order valence-electron chi connectivity index (χ1n) is 8.37. The van der Waals surface area contributed by atoms with E-state index in [-0.39, 0.29) is 5.41 Å². The molecule has 0 unspecified atom stereocenters. The molecular formula is C21H21NO2S. The molecule has 0 aliphatic carbocycles. The van der Waals surface area contributed by atoms with Crippen LogP contribution < -0.4 is 0 Å². The molecular weight excluding hydrogens is 330 g/mol. The van der Waals surface area contributed by atoms with Gasteiger partial charge >= 0.3 is 5.97 Å². The third-order valence-electron chi connectivity index (χ3n) is 4.59. The van der Waals surface area contributed by atoms with E-state index in [0.717, 1.165) is 23.3 Å². The van der Waals surface area contributed by atoms with Crippen molar-refractivity contribution >= 4 is 17.7 Å². The summed E-state index contributed by atoms with van der Waals surface area (Å²) in [5.41, 5.74) is 4.11. The highest BCUT2D eigenvalue weighted by atomic mass is 32.2. The highest BCUT2D eigenvalue weighted by Crippen LogP contribution is 2.43. The number of esters is 1. The molecule has 0 amide bonds. The van der Waals surface area contributed by atoms with E-state index < -0.39 is 5.97 Å². The van der Waals surface area contributed by atoms with Crippen LogP contribution in [0.15, 0.2) is 35.5 Å². The van der Waals surface area contributed by atoms with Crippen molar-refractivity contribution in [2.24, 2.45) is 0 Å². The molecule has 128 valence electrons. The number of aromatic nitrogens is 1. The first kappa shape index (κ1) is 17.6. The van der Waals surface area contributed by atoms with E-state index in [9.17, 15) is 4.79 Å². The Morgan fingerprint density at radius 3 is 2.92 bits per heavy atom. The van der Waals surface area contributed by atoms with Crippen LogP contribution in [0.3, 0.4) is 0 Å². The Bertz CT molecular complexity index is 865. The molecule has 0 fully saturated rings. The number of terminal acetylenes is 1. The van der Waals surface area contributed by atoms with Gasteiger partial charge in [-0.2, -0.15) is 0 Å². The fraction of sp³-hybridized carbons (Fsp3) is 0.333.